The van der Waals surface area contributed by atoms with Crippen LogP contribution in [-0.4, -0.2) is 35.4 Å². The molecule has 0 radical (unpaired) electrons. The number of piperidine rings is 1. The topological polar surface area (TPSA) is 45.2 Å². The lowest BCUT2D eigenvalue weighted by atomic mass is 9.86. The van der Waals surface area contributed by atoms with Gasteiger partial charge in [0.05, 0.1) is 11.7 Å². The minimum Gasteiger partial charge on any atom is -0.343 e. The standard InChI is InChI=1S/C26H33N3O/c1-20-10-5-6-14-23(20)26(30)28-25(24-15-7-8-16-27-24)22-13-9-17-29(19-22)18-21-11-3-2-4-12-21/h2-3,5-8,10,14-16,21-22,25H,4,9,11-13,17-19H2,1H3,(H,28,30). The minimum atomic E-state index is -0.0626. The molecule has 0 saturated carbocycles. The van der Waals surface area contributed by atoms with Gasteiger partial charge in [-0.05, 0) is 81.2 Å². The quantitative estimate of drug-likeness (QED) is 0.696. The Morgan fingerprint density at radius 2 is 2.03 bits per heavy atom. The summed E-state index contributed by atoms with van der Waals surface area (Å²) in [6.07, 6.45) is 12.5. The lowest BCUT2D eigenvalue weighted by Gasteiger charge is -2.38. The third-order valence-electron chi connectivity index (χ3n) is 6.59. The number of rotatable bonds is 6. The normalized spacial score (nSPS) is 23.1. The molecule has 1 aliphatic carbocycles. The zero-order valence-corrected chi connectivity index (χ0v) is 18.0. The summed E-state index contributed by atoms with van der Waals surface area (Å²) in [6.45, 7) is 5.35. The highest BCUT2D eigenvalue weighted by Crippen LogP contribution is 2.31. The van der Waals surface area contributed by atoms with E-state index in [-0.39, 0.29) is 11.9 Å². The highest BCUT2D eigenvalue weighted by Gasteiger charge is 2.31. The number of carbonyl (C=O) groups is 1. The predicted molar refractivity (Wildman–Crippen MR) is 121 cm³/mol. The summed E-state index contributed by atoms with van der Waals surface area (Å²) in [7, 11) is 0. The second-order valence-corrected chi connectivity index (χ2v) is 8.83. The van der Waals surface area contributed by atoms with Crippen molar-refractivity contribution in [3.63, 3.8) is 0 Å². The van der Waals surface area contributed by atoms with Crippen molar-refractivity contribution >= 4 is 5.91 Å². The second-order valence-electron chi connectivity index (χ2n) is 8.83. The Balaban J connectivity index is 1.50. The molecule has 1 fully saturated rings. The first-order valence-electron chi connectivity index (χ1n) is 11.4. The first-order valence-corrected chi connectivity index (χ1v) is 11.4. The number of aryl methyl sites for hydroxylation is 1. The van der Waals surface area contributed by atoms with E-state index in [2.05, 4.69) is 27.4 Å². The van der Waals surface area contributed by atoms with Crippen molar-refractivity contribution in [3.8, 4) is 0 Å². The van der Waals surface area contributed by atoms with Crippen molar-refractivity contribution < 1.29 is 4.79 Å². The predicted octanol–water partition coefficient (Wildman–Crippen LogP) is 4.93. The smallest absolute Gasteiger partial charge is 0.252 e. The Kier molecular flexibility index (Phi) is 6.96. The van der Waals surface area contributed by atoms with Crippen LogP contribution in [0.25, 0.3) is 0 Å². The van der Waals surface area contributed by atoms with Gasteiger partial charge in [0.15, 0.2) is 0 Å². The van der Waals surface area contributed by atoms with Crippen LogP contribution in [0.5, 0.6) is 0 Å². The molecule has 2 heterocycles. The van der Waals surface area contributed by atoms with Crippen LogP contribution in [0.4, 0.5) is 0 Å². The summed E-state index contributed by atoms with van der Waals surface area (Å²) < 4.78 is 0. The molecule has 158 valence electrons. The molecule has 2 aromatic rings. The van der Waals surface area contributed by atoms with E-state index < -0.39 is 0 Å². The number of carbonyl (C=O) groups excluding carboxylic acids is 1. The summed E-state index contributed by atoms with van der Waals surface area (Å²) in [6, 6.07) is 13.7. The molecule has 0 spiro atoms. The summed E-state index contributed by atoms with van der Waals surface area (Å²) in [5, 5.41) is 3.35. The molecule has 1 saturated heterocycles. The number of hydrogen-bond donors (Lipinski definition) is 1. The van der Waals surface area contributed by atoms with Crippen LogP contribution in [0.1, 0.15) is 59.8 Å². The number of amides is 1. The van der Waals surface area contributed by atoms with Crippen molar-refractivity contribution in [1.29, 1.82) is 0 Å². The van der Waals surface area contributed by atoms with Crippen molar-refractivity contribution in [1.82, 2.24) is 15.2 Å². The van der Waals surface area contributed by atoms with E-state index in [1.54, 1.807) is 0 Å². The number of nitrogens with zero attached hydrogens (tertiary/aromatic N) is 2. The SMILES string of the molecule is Cc1ccccc1C(=O)NC(c1ccccn1)C1CCCN(CC2CC=CCC2)C1. The lowest BCUT2D eigenvalue weighted by molar-refractivity contribution is 0.0863. The summed E-state index contributed by atoms with van der Waals surface area (Å²) in [5.74, 6) is 1.14. The van der Waals surface area contributed by atoms with Crippen LogP contribution >= 0.6 is 0 Å². The Hall–Kier alpha value is -2.46. The van der Waals surface area contributed by atoms with Gasteiger partial charge >= 0.3 is 0 Å². The van der Waals surface area contributed by atoms with Gasteiger partial charge in [0.2, 0.25) is 0 Å². The van der Waals surface area contributed by atoms with Crippen LogP contribution in [0.15, 0.2) is 60.8 Å². The summed E-state index contributed by atoms with van der Waals surface area (Å²) in [4.78, 5) is 20.4. The fourth-order valence-corrected chi connectivity index (χ4v) is 4.96. The number of pyridine rings is 1. The van der Waals surface area contributed by atoms with E-state index in [9.17, 15) is 4.79 Å². The van der Waals surface area contributed by atoms with E-state index in [1.807, 2.05) is 55.6 Å². The van der Waals surface area contributed by atoms with Gasteiger partial charge in [-0.15, -0.1) is 0 Å². The molecule has 0 bridgehead atoms. The van der Waals surface area contributed by atoms with Crippen LogP contribution in [0.2, 0.25) is 0 Å². The average molecular weight is 404 g/mol. The third-order valence-corrected chi connectivity index (χ3v) is 6.59. The maximum Gasteiger partial charge on any atom is 0.252 e. The Morgan fingerprint density at radius 3 is 2.80 bits per heavy atom. The van der Waals surface area contributed by atoms with Crippen LogP contribution < -0.4 is 5.32 Å². The molecule has 4 rings (SSSR count). The van der Waals surface area contributed by atoms with Gasteiger partial charge in [0, 0.05) is 24.8 Å². The maximum absolute atomic E-state index is 13.1. The van der Waals surface area contributed by atoms with Gasteiger partial charge in [-0.2, -0.15) is 0 Å². The maximum atomic E-state index is 13.1. The number of aromatic nitrogens is 1. The molecule has 30 heavy (non-hydrogen) atoms. The Bertz CT molecular complexity index is 864. The Morgan fingerprint density at radius 1 is 1.17 bits per heavy atom. The monoisotopic (exact) mass is 403 g/mol. The fraction of sp³-hybridized carbons (Fsp3) is 0.462. The number of hydrogen-bond acceptors (Lipinski definition) is 3. The molecule has 1 amide bonds. The van der Waals surface area contributed by atoms with E-state index in [4.69, 9.17) is 0 Å². The molecule has 4 heteroatoms. The van der Waals surface area contributed by atoms with Gasteiger partial charge in [-0.25, -0.2) is 0 Å². The van der Waals surface area contributed by atoms with Crippen molar-refractivity contribution in [2.24, 2.45) is 11.8 Å². The molecular formula is C26H33N3O. The van der Waals surface area contributed by atoms with Crippen LogP contribution in [-0.2, 0) is 0 Å². The highest BCUT2D eigenvalue weighted by atomic mass is 16.1. The first-order chi connectivity index (χ1) is 14.7. The number of nitrogens with one attached hydrogen (secondary N) is 1. The highest BCUT2D eigenvalue weighted by molar-refractivity contribution is 5.95. The number of likely N-dealkylation sites (tertiary alicyclic amines) is 1. The van der Waals surface area contributed by atoms with Crippen molar-refractivity contribution in [2.45, 2.75) is 45.1 Å². The van der Waals surface area contributed by atoms with Gasteiger partial charge in [0.25, 0.3) is 5.91 Å². The van der Waals surface area contributed by atoms with Gasteiger partial charge in [-0.3, -0.25) is 9.78 Å². The molecular weight excluding hydrogens is 370 g/mol. The number of benzene rings is 1. The largest absolute Gasteiger partial charge is 0.343 e. The molecule has 4 nitrogen and oxygen atoms in total. The first kappa shape index (κ1) is 20.8. The zero-order chi connectivity index (χ0) is 20.8. The summed E-state index contributed by atoms with van der Waals surface area (Å²) >= 11 is 0. The third kappa shape index (κ3) is 5.17. The van der Waals surface area contributed by atoms with Crippen LogP contribution in [0, 0.1) is 18.8 Å². The Labute approximate surface area is 180 Å². The van der Waals surface area contributed by atoms with E-state index in [1.165, 1.54) is 32.2 Å². The molecule has 1 aliphatic heterocycles. The minimum absolute atomic E-state index is 0.00158. The summed E-state index contributed by atoms with van der Waals surface area (Å²) in [5.41, 5.74) is 2.72. The van der Waals surface area contributed by atoms with Gasteiger partial charge < -0.3 is 10.2 Å². The molecule has 1 N–H and O–H groups in total. The lowest BCUT2D eigenvalue weighted by Crippen LogP contribution is -2.44. The van der Waals surface area contributed by atoms with Crippen molar-refractivity contribution in [3.05, 3.63) is 77.6 Å². The molecule has 3 unspecified atom stereocenters. The molecule has 1 aromatic heterocycles. The molecule has 3 atom stereocenters. The van der Waals surface area contributed by atoms with Crippen LogP contribution in [0.3, 0.4) is 0 Å². The second kappa shape index (κ2) is 10.0. The zero-order valence-electron chi connectivity index (χ0n) is 18.0. The van der Waals surface area contributed by atoms with Gasteiger partial charge in [0.1, 0.15) is 0 Å². The van der Waals surface area contributed by atoms with Crippen molar-refractivity contribution in [2.75, 3.05) is 19.6 Å². The molecule has 1 aromatic carbocycles. The van der Waals surface area contributed by atoms with E-state index in [0.29, 0.717) is 5.92 Å². The van der Waals surface area contributed by atoms with E-state index >= 15 is 0 Å². The fourth-order valence-electron chi connectivity index (χ4n) is 4.96. The van der Waals surface area contributed by atoms with E-state index in [0.717, 1.165) is 42.2 Å². The van der Waals surface area contributed by atoms with Gasteiger partial charge in [-0.1, -0.05) is 36.4 Å². The average Bonchev–Trinajstić information content (AvgIpc) is 2.79. The number of allylic oxidation sites excluding steroid dienone is 2. The molecule has 2 aliphatic rings.